The molecule has 0 saturated carbocycles. The number of carbonyl (C=O) groups is 1. The lowest BCUT2D eigenvalue weighted by molar-refractivity contribution is 0.0455. The molecule has 0 saturated heterocycles. The first kappa shape index (κ1) is 14.0. The van der Waals surface area contributed by atoms with Crippen LogP contribution in [-0.2, 0) is 11.3 Å². The molecule has 0 amide bonds. The van der Waals surface area contributed by atoms with Gasteiger partial charge < -0.3 is 10.5 Å². The number of aromatic nitrogens is 3. The number of aryl methyl sites for hydroxylation is 1. The number of ether oxygens (including phenoxy) is 1. The zero-order valence-electron chi connectivity index (χ0n) is 11.8. The summed E-state index contributed by atoms with van der Waals surface area (Å²) in [7, 11) is 0. The van der Waals surface area contributed by atoms with Crippen molar-refractivity contribution in [3.8, 4) is 0 Å². The molecule has 20 heavy (non-hydrogen) atoms. The van der Waals surface area contributed by atoms with Gasteiger partial charge in [0.1, 0.15) is 6.33 Å². The lowest BCUT2D eigenvalue weighted by Gasteiger charge is -2.10. The Hall–Kier alpha value is -2.37. The highest BCUT2D eigenvalue weighted by molar-refractivity contribution is 5.90. The molecule has 1 aromatic heterocycles. The number of anilines is 1. The first-order valence-electron chi connectivity index (χ1n) is 6.40. The molecule has 0 fully saturated rings. The summed E-state index contributed by atoms with van der Waals surface area (Å²) < 4.78 is 6.98. The van der Waals surface area contributed by atoms with E-state index in [1.54, 1.807) is 22.9 Å². The molecule has 0 spiro atoms. The number of esters is 1. The van der Waals surface area contributed by atoms with Gasteiger partial charge in [-0.1, -0.05) is 0 Å². The van der Waals surface area contributed by atoms with Crippen LogP contribution < -0.4 is 5.73 Å². The van der Waals surface area contributed by atoms with E-state index >= 15 is 0 Å². The third kappa shape index (κ3) is 2.96. The second-order valence-electron chi connectivity index (χ2n) is 4.86. The lowest BCUT2D eigenvalue weighted by Crippen LogP contribution is -2.12. The third-order valence-electron chi connectivity index (χ3n) is 2.97. The minimum Gasteiger partial charge on any atom is -0.454 e. The monoisotopic (exact) mass is 274 g/mol. The quantitative estimate of drug-likeness (QED) is 0.682. The summed E-state index contributed by atoms with van der Waals surface area (Å²) in [5.74, 6) is 0.229. The SMILES string of the molecule is Cc1cc(C(=O)OCc2ncnn2C(C)C)ccc1N. The van der Waals surface area contributed by atoms with Crippen LogP contribution in [0.4, 0.5) is 5.69 Å². The number of benzene rings is 1. The minimum atomic E-state index is -0.397. The summed E-state index contributed by atoms with van der Waals surface area (Å²) in [6.07, 6.45) is 1.45. The molecule has 0 radical (unpaired) electrons. The van der Waals surface area contributed by atoms with E-state index in [4.69, 9.17) is 10.5 Å². The van der Waals surface area contributed by atoms with E-state index in [9.17, 15) is 4.79 Å². The van der Waals surface area contributed by atoms with Gasteiger partial charge in [0.25, 0.3) is 0 Å². The van der Waals surface area contributed by atoms with E-state index in [1.165, 1.54) is 6.33 Å². The van der Waals surface area contributed by atoms with E-state index < -0.39 is 5.97 Å². The first-order chi connectivity index (χ1) is 9.49. The van der Waals surface area contributed by atoms with Crippen LogP contribution in [0.2, 0.25) is 0 Å². The van der Waals surface area contributed by atoms with Gasteiger partial charge in [-0.15, -0.1) is 0 Å². The average Bonchev–Trinajstić information content (AvgIpc) is 2.87. The number of hydrogen-bond acceptors (Lipinski definition) is 5. The zero-order valence-corrected chi connectivity index (χ0v) is 11.8. The normalized spacial score (nSPS) is 10.8. The van der Waals surface area contributed by atoms with Gasteiger partial charge in [-0.25, -0.2) is 14.5 Å². The highest BCUT2D eigenvalue weighted by Gasteiger charge is 2.12. The molecular formula is C14H18N4O2. The van der Waals surface area contributed by atoms with Crippen molar-refractivity contribution in [3.63, 3.8) is 0 Å². The summed E-state index contributed by atoms with van der Waals surface area (Å²) in [6, 6.07) is 5.23. The van der Waals surface area contributed by atoms with Gasteiger partial charge in [0.05, 0.1) is 5.56 Å². The molecule has 6 nitrogen and oxygen atoms in total. The van der Waals surface area contributed by atoms with E-state index in [-0.39, 0.29) is 12.6 Å². The predicted molar refractivity (Wildman–Crippen MR) is 75.1 cm³/mol. The second-order valence-corrected chi connectivity index (χ2v) is 4.86. The Morgan fingerprint density at radius 2 is 2.20 bits per heavy atom. The number of nitrogens with zero attached hydrogens (tertiary/aromatic N) is 3. The Labute approximate surface area is 117 Å². The fraction of sp³-hybridized carbons (Fsp3) is 0.357. The van der Waals surface area contributed by atoms with E-state index in [2.05, 4.69) is 10.1 Å². The van der Waals surface area contributed by atoms with Crippen molar-refractivity contribution in [3.05, 3.63) is 41.5 Å². The maximum absolute atomic E-state index is 12.0. The first-order valence-corrected chi connectivity index (χ1v) is 6.40. The molecule has 1 aromatic carbocycles. The fourth-order valence-corrected chi connectivity index (χ4v) is 1.82. The largest absolute Gasteiger partial charge is 0.454 e. The van der Waals surface area contributed by atoms with Crippen LogP contribution in [-0.4, -0.2) is 20.7 Å². The van der Waals surface area contributed by atoms with Crippen molar-refractivity contribution >= 4 is 11.7 Å². The highest BCUT2D eigenvalue weighted by atomic mass is 16.5. The molecule has 106 valence electrons. The highest BCUT2D eigenvalue weighted by Crippen LogP contribution is 2.14. The molecule has 2 N–H and O–H groups in total. The van der Waals surface area contributed by atoms with Crippen molar-refractivity contribution in [2.75, 3.05) is 5.73 Å². The van der Waals surface area contributed by atoms with Crippen LogP contribution >= 0.6 is 0 Å². The van der Waals surface area contributed by atoms with Crippen LogP contribution in [0.5, 0.6) is 0 Å². The molecule has 2 aromatic rings. The molecule has 2 rings (SSSR count). The molecular weight excluding hydrogens is 256 g/mol. The topological polar surface area (TPSA) is 83.0 Å². The summed E-state index contributed by atoms with van der Waals surface area (Å²) in [6.45, 7) is 5.93. The van der Waals surface area contributed by atoms with Crippen molar-refractivity contribution in [1.29, 1.82) is 0 Å². The molecule has 0 aliphatic carbocycles. The summed E-state index contributed by atoms with van der Waals surface area (Å²) in [5, 5.41) is 4.09. The predicted octanol–water partition coefficient (Wildman–Crippen LogP) is 2.11. The van der Waals surface area contributed by atoms with E-state index in [0.29, 0.717) is 17.1 Å². The molecule has 0 bridgehead atoms. The van der Waals surface area contributed by atoms with Crippen molar-refractivity contribution < 1.29 is 9.53 Å². The van der Waals surface area contributed by atoms with Gasteiger partial charge in [-0.3, -0.25) is 0 Å². The molecule has 0 atom stereocenters. The van der Waals surface area contributed by atoms with Gasteiger partial charge in [-0.2, -0.15) is 5.10 Å². The number of rotatable bonds is 4. The standard InChI is InChI=1S/C14H18N4O2/c1-9(2)18-13(16-8-17-18)7-20-14(19)11-4-5-12(15)10(3)6-11/h4-6,8-9H,7,15H2,1-3H3. The molecule has 1 heterocycles. The van der Waals surface area contributed by atoms with E-state index in [1.807, 2.05) is 20.8 Å². The Balaban J connectivity index is 2.05. The smallest absolute Gasteiger partial charge is 0.338 e. The van der Waals surface area contributed by atoms with E-state index in [0.717, 1.165) is 5.56 Å². The average molecular weight is 274 g/mol. The maximum atomic E-state index is 12.0. The summed E-state index contributed by atoms with van der Waals surface area (Å²) in [5.41, 5.74) is 7.70. The number of nitrogen functional groups attached to an aromatic ring is 1. The van der Waals surface area contributed by atoms with Crippen molar-refractivity contribution in [2.24, 2.45) is 0 Å². The number of nitrogens with two attached hydrogens (primary N) is 1. The Morgan fingerprint density at radius 3 is 2.85 bits per heavy atom. The maximum Gasteiger partial charge on any atom is 0.338 e. The van der Waals surface area contributed by atoms with Crippen LogP contribution in [0.3, 0.4) is 0 Å². The van der Waals surface area contributed by atoms with Crippen molar-refractivity contribution in [1.82, 2.24) is 14.8 Å². The van der Waals surface area contributed by atoms with Crippen LogP contribution in [0.15, 0.2) is 24.5 Å². The van der Waals surface area contributed by atoms with Crippen LogP contribution in [0, 0.1) is 6.92 Å². The van der Waals surface area contributed by atoms with Gasteiger partial charge >= 0.3 is 5.97 Å². The van der Waals surface area contributed by atoms with Gasteiger partial charge in [-0.05, 0) is 44.5 Å². The number of carbonyl (C=O) groups excluding carboxylic acids is 1. The molecule has 0 aliphatic heterocycles. The third-order valence-corrected chi connectivity index (χ3v) is 2.97. The minimum absolute atomic E-state index is 0.0977. The van der Waals surface area contributed by atoms with Crippen LogP contribution in [0.1, 0.15) is 41.6 Å². The van der Waals surface area contributed by atoms with Gasteiger partial charge in [0, 0.05) is 11.7 Å². The summed E-state index contributed by atoms with van der Waals surface area (Å²) >= 11 is 0. The Morgan fingerprint density at radius 1 is 1.45 bits per heavy atom. The molecule has 0 unspecified atom stereocenters. The van der Waals surface area contributed by atoms with Gasteiger partial charge in [0.15, 0.2) is 12.4 Å². The summed E-state index contributed by atoms with van der Waals surface area (Å²) in [4.78, 5) is 16.1. The number of hydrogen-bond donors (Lipinski definition) is 1. The van der Waals surface area contributed by atoms with Crippen LogP contribution in [0.25, 0.3) is 0 Å². The Kier molecular flexibility index (Phi) is 4.02. The zero-order chi connectivity index (χ0) is 14.7. The molecule has 0 aliphatic rings. The fourth-order valence-electron chi connectivity index (χ4n) is 1.82. The van der Waals surface area contributed by atoms with Gasteiger partial charge in [0.2, 0.25) is 0 Å². The lowest BCUT2D eigenvalue weighted by atomic mass is 10.1. The van der Waals surface area contributed by atoms with Crippen molar-refractivity contribution in [2.45, 2.75) is 33.4 Å². The Bertz CT molecular complexity index is 619. The molecule has 6 heteroatoms. The second kappa shape index (κ2) is 5.73.